The van der Waals surface area contributed by atoms with Crippen molar-refractivity contribution in [1.29, 1.82) is 0 Å². The molecule has 156 valence electrons. The van der Waals surface area contributed by atoms with E-state index in [1.54, 1.807) is 4.90 Å². The Hall–Kier alpha value is -2.16. The molecule has 3 rings (SSSR count). The summed E-state index contributed by atoms with van der Waals surface area (Å²) in [5.41, 5.74) is 0.692. The lowest BCUT2D eigenvalue weighted by Crippen LogP contribution is -2.47. The normalized spacial score (nSPS) is 18.8. The molecule has 0 saturated carbocycles. The van der Waals surface area contributed by atoms with Crippen LogP contribution in [0.1, 0.15) is 31.7 Å². The summed E-state index contributed by atoms with van der Waals surface area (Å²) >= 11 is 6.14. The number of nitrogens with one attached hydrogen (secondary N) is 1. The molecule has 1 aliphatic rings. The number of rotatable bonds is 4. The largest absolute Gasteiger partial charge is 0.323 e. The van der Waals surface area contributed by atoms with Crippen LogP contribution in [0.5, 0.6) is 0 Å². The fourth-order valence-electron chi connectivity index (χ4n) is 3.74. The summed E-state index contributed by atoms with van der Waals surface area (Å²) in [5.74, 6) is 0.460. The maximum atomic E-state index is 12.9. The van der Waals surface area contributed by atoms with Crippen molar-refractivity contribution in [3.8, 4) is 0 Å². The number of nitrogens with zero attached hydrogens (tertiary/aromatic N) is 3. The van der Waals surface area contributed by atoms with E-state index in [2.05, 4.69) is 10.3 Å². The van der Waals surface area contributed by atoms with Crippen LogP contribution in [0.25, 0.3) is 0 Å². The van der Waals surface area contributed by atoms with E-state index >= 15 is 0 Å². The highest BCUT2D eigenvalue weighted by molar-refractivity contribution is 7.89. The molecule has 0 radical (unpaired) electrons. The number of hydrogen-bond donors (Lipinski definition) is 1. The van der Waals surface area contributed by atoms with E-state index in [1.807, 2.05) is 38.1 Å². The summed E-state index contributed by atoms with van der Waals surface area (Å²) in [6.07, 6.45) is 2.07. The van der Waals surface area contributed by atoms with E-state index in [9.17, 15) is 13.2 Å². The van der Waals surface area contributed by atoms with Crippen molar-refractivity contribution in [3.63, 3.8) is 0 Å². The first kappa shape index (κ1) is 21.5. The van der Waals surface area contributed by atoms with Crippen molar-refractivity contribution >= 4 is 33.5 Å². The van der Waals surface area contributed by atoms with E-state index in [1.165, 1.54) is 32.4 Å². The molecule has 1 aromatic heterocycles. The molecule has 1 saturated heterocycles. The van der Waals surface area contributed by atoms with Crippen molar-refractivity contribution in [2.24, 2.45) is 0 Å². The standard InChI is InChI=1S/C20H25ClN4O3S/c1-20(2)17(14-6-5-7-15(21)12-14)10-11-25(20)19(26)23-18-9-8-16(13-22-18)29(27,28)24(3)4/h5-9,12-13,17H,10-11H2,1-4H3,(H,22,23,26). The summed E-state index contributed by atoms with van der Waals surface area (Å²) < 4.78 is 25.4. The maximum Gasteiger partial charge on any atom is 0.323 e. The minimum atomic E-state index is -3.56. The molecule has 2 amide bonds. The van der Waals surface area contributed by atoms with Gasteiger partial charge in [0.1, 0.15) is 10.7 Å². The molecule has 0 aliphatic carbocycles. The second-order valence-electron chi connectivity index (χ2n) is 7.80. The van der Waals surface area contributed by atoms with Crippen molar-refractivity contribution in [3.05, 3.63) is 53.2 Å². The molecule has 7 nitrogen and oxygen atoms in total. The minimum Gasteiger partial charge on any atom is -0.319 e. The zero-order valence-corrected chi connectivity index (χ0v) is 18.5. The number of amides is 2. The van der Waals surface area contributed by atoms with Crippen LogP contribution in [-0.2, 0) is 10.0 Å². The molecular formula is C20H25ClN4O3S. The van der Waals surface area contributed by atoms with Crippen molar-refractivity contribution in [2.45, 2.75) is 36.6 Å². The molecule has 1 aromatic carbocycles. The lowest BCUT2D eigenvalue weighted by Gasteiger charge is -2.36. The predicted octanol–water partition coefficient (Wildman–Crippen LogP) is 3.79. The zero-order chi connectivity index (χ0) is 21.4. The second-order valence-corrected chi connectivity index (χ2v) is 10.4. The fourth-order valence-corrected chi connectivity index (χ4v) is 4.79. The lowest BCUT2D eigenvalue weighted by molar-refractivity contribution is 0.171. The number of aromatic nitrogens is 1. The molecule has 2 heterocycles. The average Bonchev–Trinajstić information content (AvgIpc) is 2.97. The first-order valence-corrected chi connectivity index (χ1v) is 11.1. The van der Waals surface area contributed by atoms with Crippen LogP contribution in [0.3, 0.4) is 0 Å². The summed E-state index contributed by atoms with van der Waals surface area (Å²) in [4.78, 5) is 18.8. The SMILES string of the molecule is CN(C)S(=O)(=O)c1ccc(NC(=O)N2CCC(c3cccc(Cl)c3)C2(C)C)nc1. The summed E-state index contributed by atoms with van der Waals surface area (Å²) in [6, 6.07) is 10.4. The van der Waals surface area contributed by atoms with Gasteiger partial charge >= 0.3 is 6.03 Å². The van der Waals surface area contributed by atoms with Gasteiger partial charge in [-0.15, -0.1) is 0 Å². The number of likely N-dealkylation sites (tertiary alicyclic amines) is 1. The Bertz CT molecular complexity index is 1010. The van der Waals surface area contributed by atoms with Gasteiger partial charge in [-0.2, -0.15) is 0 Å². The monoisotopic (exact) mass is 436 g/mol. The molecular weight excluding hydrogens is 412 g/mol. The summed E-state index contributed by atoms with van der Waals surface area (Å²) in [6.45, 7) is 4.67. The Morgan fingerprint density at radius 1 is 1.28 bits per heavy atom. The van der Waals surface area contributed by atoms with Crippen LogP contribution in [0.4, 0.5) is 10.6 Å². The van der Waals surface area contributed by atoms with Crippen LogP contribution in [0.15, 0.2) is 47.5 Å². The van der Waals surface area contributed by atoms with Gasteiger partial charge in [0.25, 0.3) is 0 Å². The Morgan fingerprint density at radius 3 is 2.59 bits per heavy atom. The first-order chi connectivity index (χ1) is 13.5. The number of pyridine rings is 1. The van der Waals surface area contributed by atoms with Crippen molar-refractivity contribution in [2.75, 3.05) is 26.0 Å². The third-order valence-electron chi connectivity index (χ3n) is 5.44. The number of sulfonamides is 1. The van der Waals surface area contributed by atoms with Crippen LogP contribution in [0.2, 0.25) is 5.02 Å². The van der Waals surface area contributed by atoms with E-state index in [4.69, 9.17) is 11.6 Å². The molecule has 1 N–H and O–H groups in total. The smallest absolute Gasteiger partial charge is 0.319 e. The van der Waals surface area contributed by atoms with Crippen LogP contribution >= 0.6 is 11.6 Å². The predicted molar refractivity (Wildman–Crippen MR) is 114 cm³/mol. The maximum absolute atomic E-state index is 12.9. The molecule has 1 fully saturated rings. The third kappa shape index (κ3) is 4.24. The number of hydrogen-bond acceptors (Lipinski definition) is 4. The molecule has 0 bridgehead atoms. The highest BCUT2D eigenvalue weighted by Gasteiger charge is 2.44. The molecule has 1 unspecified atom stereocenters. The fraction of sp³-hybridized carbons (Fsp3) is 0.400. The first-order valence-electron chi connectivity index (χ1n) is 9.26. The Morgan fingerprint density at radius 2 is 2.00 bits per heavy atom. The van der Waals surface area contributed by atoms with Crippen LogP contribution < -0.4 is 5.32 Å². The zero-order valence-electron chi connectivity index (χ0n) is 16.9. The molecule has 2 aromatic rings. The highest BCUT2D eigenvalue weighted by atomic mass is 35.5. The van der Waals surface area contributed by atoms with Gasteiger partial charge in [0.15, 0.2) is 0 Å². The lowest BCUT2D eigenvalue weighted by atomic mass is 9.83. The van der Waals surface area contributed by atoms with Gasteiger partial charge in [-0.05, 0) is 50.1 Å². The number of carbonyl (C=O) groups is 1. The van der Waals surface area contributed by atoms with Gasteiger partial charge in [-0.3, -0.25) is 5.32 Å². The number of halogens is 1. The summed E-state index contributed by atoms with van der Waals surface area (Å²) in [7, 11) is -0.651. The number of anilines is 1. The third-order valence-corrected chi connectivity index (χ3v) is 7.47. The van der Waals surface area contributed by atoms with Gasteiger partial charge in [-0.1, -0.05) is 23.7 Å². The number of carbonyl (C=O) groups excluding carboxylic acids is 1. The number of benzene rings is 1. The molecule has 1 aliphatic heterocycles. The van der Waals surface area contributed by atoms with Crippen LogP contribution in [-0.4, -0.2) is 54.8 Å². The minimum absolute atomic E-state index is 0.0722. The van der Waals surface area contributed by atoms with Gasteiger partial charge in [-0.25, -0.2) is 22.5 Å². The van der Waals surface area contributed by atoms with Crippen molar-refractivity contribution in [1.82, 2.24) is 14.2 Å². The average molecular weight is 437 g/mol. The van der Waals surface area contributed by atoms with Crippen molar-refractivity contribution < 1.29 is 13.2 Å². The van der Waals surface area contributed by atoms with Gasteiger partial charge in [0, 0.05) is 43.3 Å². The van der Waals surface area contributed by atoms with E-state index in [0.717, 1.165) is 16.3 Å². The second kappa shape index (κ2) is 7.93. The van der Waals surface area contributed by atoms with Crippen LogP contribution in [0, 0.1) is 0 Å². The van der Waals surface area contributed by atoms with E-state index in [0.29, 0.717) is 17.4 Å². The summed E-state index contributed by atoms with van der Waals surface area (Å²) in [5, 5.41) is 3.45. The van der Waals surface area contributed by atoms with Gasteiger partial charge in [0.2, 0.25) is 10.0 Å². The molecule has 1 atom stereocenters. The van der Waals surface area contributed by atoms with E-state index in [-0.39, 0.29) is 16.8 Å². The molecule has 9 heteroatoms. The Kier molecular flexibility index (Phi) is 5.89. The highest BCUT2D eigenvalue weighted by Crippen LogP contribution is 2.42. The van der Waals surface area contributed by atoms with E-state index < -0.39 is 15.6 Å². The Labute approximate surface area is 176 Å². The number of urea groups is 1. The van der Waals surface area contributed by atoms with Gasteiger partial charge in [0.05, 0.1) is 0 Å². The molecule has 0 spiro atoms. The van der Waals surface area contributed by atoms with Gasteiger partial charge < -0.3 is 4.90 Å². The topological polar surface area (TPSA) is 82.6 Å². The molecule has 29 heavy (non-hydrogen) atoms. The quantitative estimate of drug-likeness (QED) is 0.790. The Balaban J connectivity index is 1.74.